The van der Waals surface area contributed by atoms with E-state index in [2.05, 4.69) is 9.24 Å². The van der Waals surface area contributed by atoms with Gasteiger partial charge in [0.25, 0.3) is 0 Å². The minimum absolute atomic E-state index is 0.269. The molecule has 0 saturated heterocycles. The molecule has 70 valence electrons. The lowest BCUT2D eigenvalue weighted by molar-refractivity contribution is 1.16. The molecule has 2 aromatic carbocycles. The predicted octanol–water partition coefficient (Wildman–Crippen LogP) is 3.65. The summed E-state index contributed by atoms with van der Waals surface area (Å²) in [6, 6.07) is 10.9. The maximum atomic E-state index is 7.88. The van der Waals surface area contributed by atoms with Crippen molar-refractivity contribution in [1.82, 2.24) is 0 Å². The topological polar surface area (TPSA) is 0 Å². The molecular formula is C13H13P. The van der Waals surface area contributed by atoms with Crippen molar-refractivity contribution < 1.29 is 5.48 Å². The molecule has 0 aromatic heterocycles. The largest absolute Gasteiger partial charge is 0.125 e. The molecule has 0 amide bonds. The van der Waals surface area contributed by atoms with Crippen LogP contribution in [0, 0.1) is 0 Å². The van der Waals surface area contributed by atoms with E-state index in [1.54, 1.807) is 36.4 Å². The van der Waals surface area contributed by atoms with Crippen molar-refractivity contribution in [2.45, 2.75) is 5.66 Å². The lowest BCUT2D eigenvalue weighted by atomic mass is 10.0. The van der Waals surface area contributed by atoms with Crippen LogP contribution in [0.2, 0.25) is 0 Å². The van der Waals surface area contributed by atoms with Crippen molar-refractivity contribution in [2.75, 3.05) is 0 Å². The van der Waals surface area contributed by atoms with Gasteiger partial charge in [0, 0.05) is 5.66 Å². The average molecular weight is 204 g/mol. The fourth-order valence-electron chi connectivity index (χ4n) is 1.23. The molecule has 0 radical (unpaired) electrons. The normalized spacial score (nSPS) is 14.4. The van der Waals surface area contributed by atoms with E-state index in [0.717, 1.165) is 0 Å². The van der Waals surface area contributed by atoms with Gasteiger partial charge in [0.15, 0.2) is 0 Å². The Kier molecular flexibility index (Phi) is 1.78. The highest BCUT2D eigenvalue weighted by atomic mass is 31.0. The first-order valence-corrected chi connectivity index (χ1v) is 5.07. The molecular weight excluding hydrogens is 187 g/mol. The molecule has 0 aliphatic carbocycles. The second-order valence-corrected chi connectivity index (χ2v) is 3.60. The maximum absolute atomic E-state index is 7.88. The molecule has 0 saturated carbocycles. The summed E-state index contributed by atoms with van der Waals surface area (Å²) in [5.41, 5.74) is 0.707. The third kappa shape index (κ3) is 2.02. The lowest BCUT2D eigenvalue weighted by Crippen LogP contribution is -1.90. The fraction of sp³-hybridized carbons (Fsp3) is 0.0769. The standard InChI is InChI=1S/C13H13P/c14-13(11-7-3-1-4-8-11)12-9-5-2-6-10-12/h1-10,13H,14H2/i7D,8D,9D,10D. The number of hydrogen-bond donors (Lipinski definition) is 0. The SMILES string of the molecule is [2H]c1cccc([2H])c1C(P)c1c([2H])cccc1[2H]. The molecule has 1 unspecified atom stereocenters. The highest BCUT2D eigenvalue weighted by Crippen LogP contribution is 2.30. The maximum Gasteiger partial charge on any atom is 0.0626 e. The summed E-state index contributed by atoms with van der Waals surface area (Å²) < 4.78 is 31.5. The molecule has 2 aromatic rings. The van der Waals surface area contributed by atoms with E-state index < -0.39 is 0 Å². The van der Waals surface area contributed by atoms with E-state index in [4.69, 9.17) is 5.48 Å². The lowest BCUT2D eigenvalue weighted by Gasteiger charge is -2.11. The third-order valence-electron chi connectivity index (χ3n) is 1.96. The summed E-state index contributed by atoms with van der Waals surface area (Å²) in [7, 11) is 2.54. The van der Waals surface area contributed by atoms with Gasteiger partial charge in [-0.3, -0.25) is 0 Å². The van der Waals surface area contributed by atoms with Gasteiger partial charge in [-0.05, 0) is 11.1 Å². The van der Waals surface area contributed by atoms with E-state index in [-0.39, 0.29) is 29.8 Å². The van der Waals surface area contributed by atoms with Gasteiger partial charge in [-0.25, -0.2) is 0 Å². The van der Waals surface area contributed by atoms with Crippen LogP contribution in [-0.2, 0) is 0 Å². The quantitative estimate of drug-likeness (QED) is 0.655. The van der Waals surface area contributed by atoms with Gasteiger partial charge in [0.1, 0.15) is 0 Å². The highest BCUT2D eigenvalue weighted by Gasteiger charge is 2.05. The van der Waals surface area contributed by atoms with Gasteiger partial charge in [-0.1, -0.05) is 60.6 Å². The molecule has 14 heavy (non-hydrogen) atoms. The highest BCUT2D eigenvalue weighted by molar-refractivity contribution is 7.17. The zero-order valence-electron chi connectivity index (χ0n) is 11.6. The Morgan fingerprint density at radius 1 is 0.786 bits per heavy atom. The summed E-state index contributed by atoms with van der Waals surface area (Å²) >= 11 is 0. The number of benzene rings is 2. The molecule has 1 atom stereocenters. The fourth-order valence-corrected chi connectivity index (χ4v) is 1.62. The first-order chi connectivity index (χ1) is 8.52. The van der Waals surface area contributed by atoms with E-state index in [9.17, 15) is 0 Å². The predicted molar refractivity (Wildman–Crippen MR) is 64.4 cm³/mol. The van der Waals surface area contributed by atoms with Gasteiger partial charge in [0.2, 0.25) is 0 Å². The summed E-state index contributed by atoms with van der Waals surface area (Å²) in [4.78, 5) is 0. The minimum atomic E-state index is -0.368. The van der Waals surface area contributed by atoms with Crippen LogP contribution in [0.25, 0.3) is 0 Å². The third-order valence-corrected chi connectivity index (χ3v) is 2.63. The van der Waals surface area contributed by atoms with Crippen molar-refractivity contribution >= 4 is 9.24 Å². The van der Waals surface area contributed by atoms with Gasteiger partial charge in [-0.2, -0.15) is 0 Å². The Balaban J connectivity index is 2.58. The monoisotopic (exact) mass is 204 g/mol. The van der Waals surface area contributed by atoms with Gasteiger partial charge in [0.05, 0.1) is 5.48 Å². The van der Waals surface area contributed by atoms with Gasteiger partial charge in [-0.15, -0.1) is 9.24 Å². The van der Waals surface area contributed by atoms with Crippen LogP contribution in [0.3, 0.4) is 0 Å². The molecule has 0 aliphatic heterocycles. The molecule has 1 heteroatoms. The van der Waals surface area contributed by atoms with Crippen molar-refractivity contribution in [3.8, 4) is 0 Å². The Morgan fingerprint density at radius 2 is 1.14 bits per heavy atom. The molecule has 0 heterocycles. The van der Waals surface area contributed by atoms with Crippen molar-refractivity contribution in [3.63, 3.8) is 0 Å². The van der Waals surface area contributed by atoms with Crippen LogP contribution in [0.15, 0.2) is 60.6 Å². The van der Waals surface area contributed by atoms with Crippen molar-refractivity contribution in [1.29, 1.82) is 0 Å². The first kappa shape index (κ1) is 5.68. The average Bonchev–Trinajstić information content (AvgIpc) is 2.28. The Labute approximate surface area is 92.8 Å². The van der Waals surface area contributed by atoms with Crippen molar-refractivity contribution in [3.05, 3.63) is 71.7 Å². The molecule has 0 fully saturated rings. The first-order valence-electron chi connectivity index (χ1n) is 6.40. The van der Waals surface area contributed by atoms with Crippen molar-refractivity contribution in [2.24, 2.45) is 0 Å². The number of hydrogen-bond acceptors (Lipinski definition) is 0. The molecule has 0 bridgehead atoms. The van der Waals surface area contributed by atoms with Crippen LogP contribution in [0.1, 0.15) is 22.3 Å². The van der Waals surface area contributed by atoms with E-state index >= 15 is 0 Å². The molecule has 0 aliphatic rings. The number of rotatable bonds is 2. The minimum Gasteiger partial charge on any atom is -0.125 e. The Hall–Kier alpha value is -1.13. The summed E-state index contributed by atoms with van der Waals surface area (Å²) in [5, 5.41) is 0. The second kappa shape index (κ2) is 4.39. The smallest absolute Gasteiger partial charge is 0.0626 e. The van der Waals surface area contributed by atoms with Crippen LogP contribution in [0.4, 0.5) is 0 Å². The van der Waals surface area contributed by atoms with E-state index in [1.807, 2.05) is 0 Å². The van der Waals surface area contributed by atoms with Crippen LogP contribution in [-0.4, -0.2) is 0 Å². The molecule has 0 N–H and O–H groups in total. The Morgan fingerprint density at radius 3 is 1.50 bits per heavy atom. The van der Waals surface area contributed by atoms with Crippen LogP contribution < -0.4 is 0 Å². The molecule has 0 nitrogen and oxygen atoms in total. The van der Waals surface area contributed by atoms with E-state index in [0.29, 0.717) is 11.1 Å². The molecule has 2 rings (SSSR count). The zero-order chi connectivity index (χ0) is 13.3. The zero-order valence-corrected chi connectivity index (χ0v) is 8.77. The van der Waals surface area contributed by atoms with Crippen LogP contribution >= 0.6 is 9.24 Å². The summed E-state index contributed by atoms with van der Waals surface area (Å²) in [6.07, 6.45) is 0. The molecule has 0 spiro atoms. The second-order valence-electron chi connectivity index (χ2n) is 2.93. The Bertz CT molecular complexity index is 491. The summed E-state index contributed by atoms with van der Waals surface area (Å²) in [5.74, 6) is 0. The van der Waals surface area contributed by atoms with Gasteiger partial charge >= 0.3 is 0 Å². The van der Waals surface area contributed by atoms with Gasteiger partial charge < -0.3 is 0 Å². The summed E-state index contributed by atoms with van der Waals surface area (Å²) in [6.45, 7) is 0. The van der Waals surface area contributed by atoms with Crippen LogP contribution in [0.5, 0.6) is 0 Å². The van der Waals surface area contributed by atoms with E-state index in [1.165, 1.54) is 0 Å².